The molecule has 4 rings (SSSR count). The summed E-state index contributed by atoms with van der Waals surface area (Å²) in [6.45, 7) is 0. The third-order valence-corrected chi connectivity index (χ3v) is 4.20. The SMILES string of the molecule is O=C(Oc1ccc(Nc2ncnc3ccccc23)cc1)c1ccc(Cl)cc1. The molecule has 0 amide bonds. The number of anilines is 2. The topological polar surface area (TPSA) is 64.1 Å². The van der Waals surface area contributed by atoms with Crippen LogP contribution in [0.2, 0.25) is 5.02 Å². The Kier molecular flexibility index (Phi) is 4.68. The van der Waals surface area contributed by atoms with Crippen molar-refractivity contribution in [1.29, 1.82) is 0 Å². The van der Waals surface area contributed by atoms with E-state index in [0.29, 0.717) is 22.2 Å². The number of ether oxygens (including phenoxy) is 1. The van der Waals surface area contributed by atoms with Crippen LogP contribution < -0.4 is 10.1 Å². The fraction of sp³-hybridized carbons (Fsp3) is 0. The van der Waals surface area contributed by atoms with Crippen molar-refractivity contribution in [2.45, 2.75) is 0 Å². The molecule has 0 saturated heterocycles. The summed E-state index contributed by atoms with van der Waals surface area (Å²) in [5, 5.41) is 4.76. The largest absolute Gasteiger partial charge is 0.423 e. The molecular weight excluding hydrogens is 362 g/mol. The fourth-order valence-corrected chi connectivity index (χ4v) is 2.73. The summed E-state index contributed by atoms with van der Waals surface area (Å²) in [5.74, 6) is 0.730. The van der Waals surface area contributed by atoms with Crippen molar-refractivity contribution in [2.75, 3.05) is 5.32 Å². The van der Waals surface area contributed by atoms with Gasteiger partial charge in [0.15, 0.2) is 0 Å². The minimum atomic E-state index is -0.436. The number of hydrogen-bond acceptors (Lipinski definition) is 5. The van der Waals surface area contributed by atoms with Gasteiger partial charge in [-0.2, -0.15) is 0 Å². The van der Waals surface area contributed by atoms with Crippen LogP contribution in [0.4, 0.5) is 11.5 Å². The molecule has 0 saturated carbocycles. The number of aromatic nitrogens is 2. The highest BCUT2D eigenvalue weighted by atomic mass is 35.5. The van der Waals surface area contributed by atoms with Gasteiger partial charge in [0.25, 0.3) is 0 Å². The van der Waals surface area contributed by atoms with Crippen LogP contribution in [0.5, 0.6) is 5.75 Å². The van der Waals surface area contributed by atoms with Crippen LogP contribution in [-0.2, 0) is 0 Å². The van der Waals surface area contributed by atoms with Gasteiger partial charge in [-0.1, -0.05) is 23.7 Å². The molecule has 1 heterocycles. The first kappa shape index (κ1) is 17.0. The molecule has 1 aromatic heterocycles. The van der Waals surface area contributed by atoms with Crippen molar-refractivity contribution in [3.63, 3.8) is 0 Å². The smallest absolute Gasteiger partial charge is 0.343 e. The molecule has 4 aromatic rings. The van der Waals surface area contributed by atoms with Crippen LogP contribution in [0, 0.1) is 0 Å². The Labute approximate surface area is 160 Å². The molecule has 0 radical (unpaired) electrons. The summed E-state index contributed by atoms with van der Waals surface area (Å²) in [4.78, 5) is 20.7. The van der Waals surface area contributed by atoms with E-state index in [1.807, 2.05) is 36.4 Å². The molecule has 0 fully saturated rings. The third-order valence-electron chi connectivity index (χ3n) is 3.95. The zero-order chi connectivity index (χ0) is 18.6. The summed E-state index contributed by atoms with van der Waals surface area (Å²) in [5.41, 5.74) is 2.13. The number of halogens is 1. The molecule has 0 bridgehead atoms. The summed E-state index contributed by atoms with van der Waals surface area (Å²) in [6, 6.07) is 21.4. The lowest BCUT2D eigenvalue weighted by Gasteiger charge is -2.09. The maximum absolute atomic E-state index is 12.1. The number of rotatable bonds is 4. The standard InChI is InChI=1S/C21H14ClN3O2/c22-15-7-5-14(6-8-15)21(26)27-17-11-9-16(10-12-17)25-20-18-3-1-2-4-19(18)23-13-24-20/h1-13H,(H,23,24,25). The van der Waals surface area contributed by atoms with Crippen molar-refractivity contribution < 1.29 is 9.53 Å². The highest BCUT2D eigenvalue weighted by molar-refractivity contribution is 6.30. The molecule has 0 atom stereocenters. The first-order chi connectivity index (χ1) is 13.2. The normalized spacial score (nSPS) is 10.6. The Morgan fingerprint density at radius 2 is 1.63 bits per heavy atom. The number of nitrogens with one attached hydrogen (secondary N) is 1. The van der Waals surface area contributed by atoms with E-state index in [1.165, 1.54) is 6.33 Å². The highest BCUT2D eigenvalue weighted by Crippen LogP contribution is 2.24. The van der Waals surface area contributed by atoms with Crippen molar-refractivity contribution >= 4 is 40.0 Å². The predicted octanol–water partition coefficient (Wildman–Crippen LogP) is 5.25. The quantitative estimate of drug-likeness (QED) is 0.390. The zero-order valence-electron chi connectivity index (χ0n) is 14.1. The number of fused-ring (bicyclic) bond motifs is 1. The molecule has 3 aromatic carbocycles. The van der Waals surface area contributed by atoms with Gasteiger partial charge in [-0.15, -0.1) is 0 Å². The van der Waals surface area contributed by atoms with Crippen LogP contribution in [-0.4, -0.2) is 15.9 Å². The molecule has 5 nitrogen and oxygen atoms in total. The number of esters is 1. The third kappa shape index (κ3) is 3.88. The van der Waals surface area contributed by atoms with Gasteiger partial charge in [0, 0.05) is 16.1 Å². The summed E-state index contributed by atoms with van der Waals surface area (Å²) in [6.07, 6.45) is 1.52. The van der Waals surface area contributed by atoms with Gasteiger partial charge in [0.05, 0.1) is 11.1 Å². The molecule has 0 aliphatic carbocycles. The lowest BCUT2D eigenvalue weighted by atomic mass is 10.2. The Bertz CT molecular complexity index is 1090. The van der Waals surface area contributed by atoms with E-state index in [2.05, 4.69) is 15.3 Å². The average Bonchev–Trinajstić information content (AvgIpc) is 2.70. The van der Waals surface area contributed by atoms with E-state index in [9.17, 15) is 4.79 Å². The van der Waals surface area contributed by atoms with E-state index >= 15 is 0 Å². The molecule has 0 spiro atoms. The Morgan fingerprint density at radius 3 is 2.41 bits per heavy atom. The van der Waals surface area contributed by atoms with E-state index in [4.69, 9.17) is 16.3 Å². The van der Waals surface area contributed by atoms with Crippen molar-refractivity contribution in [3.8, 4) is 5.75 Å². The van der Waals surface area contributed by atoms with Crippen molar-refractivity contribution in [1.82, 2.24) is 9.97 Å². The number of para-hydroxylation sites is 1. The summed E-state index contributed by atoms with van der Waals surface area (Å²) < 4.78 is 5.38. The Balaban J connectivity index is 1.49. The number of carbonyl (C=O) groups is 1. The van der Waals surface area contributed by atoms with E-state index in [1.54, 1.807) is 36.4 Å². The number of benzene rings is 3. The molecule has 0 unspecified atom stereocenters. The van der Waals surface area contributed by atoms with Gasteiger partial charge in [-0.3, -0.25) is 0 Å². The Morgan fingerprint density at radius 1 is 0.889 bits per heavy atom. The summed E-state index contributed by atoms with van der Waals surface area (Å²) in [7, 11) is 0. The Hall–Kier alpha value is -3.44. The molecule has 0 aliphatic heterocycles. The highest BCUT2D eigenvalue weighted by Gasteiger charge is 2.09. The molecule has 1 N–H and O–H groups in total. The van der Waals surface area contributed by atoms with E-state index in [0.717, 1.165) is 16.6 Å². The van der Waals surface area contributed by atoms with Gasteiger partial charge in [-0.25, -0.2) is 14.8 Å². The van der Waals surface area contributed by atoms with Gasteiger partial charge in [0.1, 0.15) is 17.9 Å². The van der Waals surface area contributed by atoms with E-state index < -0.39 is 5.97 Å². The molecule has 132 valence electrons. The lowest BCUT2D eigenvalue weighted by molar-refractivity contribution is 0.0735. The van der Waals surface area contributed by atoms with Gasteiger partial charge >= 0.3 is 5.97 Å². The number of carbonyl (C=O) groups excluding carboxylic acids is 1. The second-order valence-corrected chi connectivity index (χ2v) is 6.22. The second-order valence-electron chi connectivity index (χ2n) is 5.79. The van der Waals surface area contributed by atoms with Gasteiger partial charge < -0.3 is 10.1 Å². The van der Waals surface area contributed by atoms with Crippen molar-refractivity contribution in [2.24, 2.45) is 0 Å². The molecule has 27 heavy (non-hydrogen) atoms. The maximum Gasteiger partial charge on any atom is 0.343 e. The zero-order valence-corrected chi connectivity index (χ0v) is 14.9. The lowest BCUT2D eigenvalue weighted by Crippen LogP contribution is -2.08. The number of nitrogens with zero attached hydrogens (tertiary/aromatic N) is 2. The minimum absolute atomic E-state index is 0.436. The summed E-state index contributed by atoms with van der Waals surface area (Å²) >= 11 is 5.83. The van der Waals surface area contributed by atoms with Gasteiger partial charge in [0.2, 0.25) is 0 Å². The van der Waals surface area contributed by atoms with Gasteiger partial charge in [-0.05, 0) is 60.7 Å². The molecule has 0 aliphatic rings. The van der Waals surface area contributed by atoms with Crippen molar-refractivity contribution in [3.05, 3.63) is 89.7 Å². The maximum atomic E-state index is 12.1. The van der Waals surface area contributed by atoms with Crippen LogP contribution in [0.3, 0.4) is 0 Å². The van der Waals surface area contributed by atoms with Crippen LogP contribution in [0.15, 0.2) is 79.1 Å². The minimum Gasteiger partial charge on any atom is -0.423 e. The molecular formula is C21H14ClN3O2. The average molecular weight is 376 g/mol. The number of hydrogen-bond donors (Lipinski definition) is 1. The van der Waals surface area contributed by atoms with Crippen LogP contribution in [0.25, 0.3) is 10.9 Å². The monoisotopic (exact) mass is 375 g/mol. The van der Waals surface area contributed by atoms with E-state index in [-0.39, 0.29) is 0 Å². The van der Waals surface area contributed by atoms with Crippen LogP contribution >= 0.6 is 11.6 Å². The molecule has 6 heteroatoms. The first-order valence-electron chi connectivity index (χ1n) is 8.24. The predicted molar refractivity (Wildman–Crippen MR) is 106 cm³/mol. The fourth-order valence-electron chi connectivity index (χ4n) is 2.60. The first-order valence-corrected chi connectivity index (χ1v) is 8.61. The second kappa shape index (κ2) is 7.43. The van der Waals surface area contributed by atoms with Crippen LogP contribution in [0.1, 0.15) is 10.4 Å².